The highest BCUT2D eigenvalue weighted by molar-refractivity contribution is 5.69. The second kappa shape index (κ2) is 4.59. The molecule has 0 amide bonds. The molecule has 4 heteroatoms. The van der Waals surface area contributed by atoms with Crippen LogP contribution in [0.2, 0.25) is 0 Å². The van der Waals surface area contributed by atoms with E-state index in [4.69, 9.17) is 9.94 Å². The van der Waals surface area contributed by atoms with Crippen LogP contribution in [0.15, 0.2) is 24.3 Å². The van der Waals surface area contributed by atoms with Crippen molar-refractivity contribution in [1.82, 2.24) is 5.48 Å². The number of benzene rings is 1. The van der Waals surface area contributed by atoms with Crippen LogP contribution in [0.25, 0.3) is 0 Å². The zero-order valence-corrected chi connectivity index (χ0v) is 7.28. The lowest BCUT2D eigenvalue weighted by Gasteiger charge is -2.02. The number of nitrogens with one attached hydrogen (secondary N) is 1. The van der Waals surface area contributed by atoms with E-state index in [-0.39, 0.29) is 5.97 Å². The normalized spacial score (nSPS) is 9.69. The van der Waals surface area contributed by atoms with Crippen LogP contribution in [0.1, 0.15) is 12.5 Å². The van der Waals surface area contributed by atoms with E-state index in [9.17, 15) is 4.79 Å². The van der Waals surface area contributed by atoms with Crippen molar-refractivity contribution >= 4 is 5.97 Å². The van der Waals surface area contributed by atoms with Crippen molar-refractivity contribution in [2.75, 3.05) is 0 Å². The average Bonchev–Trinajstić information content (AvgIpc) is 2.08. The van der Waals surface area contributed by atoms with Crippen molar-refractivity contribution in [2.24, 2.45) is 0 Å². The van der Waals surface area contributed by atoms with E-state index in [0.29, 0.717) is 12.3 Å². The molecule has 1 aromatic rings. The van der Waals surface area contributed by atoms with Gasteiger partial charge >= 0.3 is 5.97 Å². The standard InChI is InChI=1S/C9H11NO3/c1-7(11)13-9-4-2-8(3-5-9)6-10-12/h2-5,10,12H,6H2,1H3. The molecule has 0 spiro atoms. The smallest absolute Gasteiger partial charge is 0.308 e. The Bertz CT molecular complexity index is 281. The first-order chi connectivity index (χ1) is 6.22. The van der Waals surface area contributed by atoms with Crippen molar-refractivity contribution in [2.45, 2.75) is 13.5 Å². The highest BCUT2D eigenvalue weighted by atomic mass is 16.5. The molecule has 70 valence electrons. The maximum Gasteiger partial charge on any atom is 0.308 e. The van der Waals surface area contributed by atoms with Crippen molar-refractivity contribution in [3.8, 4) is 5.75 Å². The zero-order valence-electron chi connectivity index (χ0n) is 7.28. The summed E-state index contributed by atoms with van der Waals surface area (Å²) >= 11 is 0. The van der Waals surface area contributed by atoms with Gasteiger partial charge in [-0.3, -0.25) is 4.79 Å². The third kappa shape index (κ3) is 3.23. The first-order valence-corrected chi connectivity index (χ1v) is 3.86. The molecule has 0 radical (unpaired) electrons. The number of hydroxylamine groups is 1. The monoisotopic (exact) mass is 181 g/mol. The van der Waals surface area contributed by atoms with Gasteiger partial charge in [0.05, 0.1) is 0 Å². The van der Waals surface area contributed by atoms with Gasteiger partial charge in [-0.1, -0.05) is 12.1 Å². The molecule has 0 fully saturated rings. The van der Waals surface area contributed by atoms with Crippen LogP contribution < -0.4 is 10.2 Å². The van der Waals surface area contributed by atoms with E-state index in [1.54, 1.807) is 24.3 Å². The fraction of sp³-hybridized carbons (Fsp3) is 0.222. The Morgan fingerprint density at radius 3 is 2.54 bits per heavy atom. The van der Waals surface area contributed by atoms with Gasteiger partial charge in [-0.25, -0.2) is 5.48 Å². The molecule has 0 unspecified atom stereocenters. The van der Waals surface area contributed by atoms with Gasteiger partial charge in [0.1, 0.15) is 5.75 Å². The fourth-order valence-corrected chi connectivity index (χ4v) is 0.933. The largest absolute Gasteiger partial charge is 0.427 e. The predicted octanol–water partition coefficient (Wildman–Crippen LogP) is 1.09. The quantitative estimate of drug-likeness (QED) is 0.416. The van der Waals surface area contributed by atoms with Crippen LogP contribution in [0, 0.1) is 0 Å². The predicted molar refractivity (Wildman–Crippen MR) is 46.4 cm³/mol. The highest BCUT2D eigenvalue weighted by Crippen LogP contribution is 2.11. The third-order valence-corrected chi connectivity index (χ3v) is 1.47. The fourth-order valence-electron chi connectivity index (χ4n) is 0.933. The summed E-state index contributed by atoms with van der Waals surface area (Å²) in [4.78, 5) is 10.5. The molecule has 13 heavy (non-hydrogen) atoms. The Hall–Kier alpha value is -1.39. The van der Waals surface area contributed by atoms with Crippen molar-refractivity contribution in [3.05, 3.63) is 29.8 Å². The summed E-state index contributed by atoms with van der Waals surface area (Å²) in [5, 5.41) is 8.40. The maximum absolute atomic E-state index is 10.5. The summed E-state index contributed by atoms with van der Waals surface area (Å²) in [6.07, 6.45) is 0. The first-order valence-electron chi connectivity index (χ1n) is 3.86. The number of hydrogen-bond donors (Lipinski definition) is 2. The van der Waals surface area contributed by atoms with Crippen LogP contribution in [-0.4, -0.2) is 11.2 Å². The Balaban J connectivity index is 2.64. The molecule has 0 aliphatic carbocycles. The molecule has 0 aliphatic rings. The number of hydrogen-bond acceptors (Lipinski definition) is 4. The van der Waals surface area contributed by atoms with Crippen molar-refractivity contribution < 1.29 is 14.7 Å². The molecule has 0 bridgehead atoms. The van der Waals surface area contributed by atoms with Crippen molar-refractivity contribution in [1.29, 1.82) is 0 Å². The van der Waals surface area contributed by atoms with Gasteiger partial charge in [0.25, 0.3) is 0 Å². The number of carbonyl (C=O) groups is 1. The molecule has 0 saturated heterocycles. The maximum atomic E-state index is 10.5. The molecule has 0 aromatic heterocycles. The Morgan fingerprint density at radius 1 is 1.46 bits per heavy atom. The average molecular weight is 181 g/mol. The van der Waals surface area contributed by atoms with Gasteiger partial charge in [0, 0.05) is 13.5 Å². The Labute approximate surface area is 76.1 Å². The van der Waals surface area contributed by atoms with E-state index < -0.39 is 0 Å². The Morgan fingerprint density at radius 2 is 2.08 bits per heavy atom. The second-order valence-electron chi connectivity index (χ2n) is 2.57. The van der Waals surface area contributed by atoms with Gasteiger partial charge in [0.15, 0.2) is 0 Å². The number of carbonyl (C=O) groups excluding carboxylic acids is 1. The molecular formula is C9H11NO3. The van der Waals surface area contributed by atoms with Crippen LogP contribution >= 0.6 is 0 Å². The summed E-state index contributed by atoms with van der Waals surface area (Å²) in [6.45, 7) is 1.73. The minimum Gasteiger partial charge on any atom is -0.427 e. The van der Waals surface area contributed by atoms with Gasteiger partial charge in [-0.05, 0) is 17.7 Å². The van der Waals surface area contributed by atoms with Crippen LogP contribution in [0.3, 0.4) is 0 Å². The molecule has 0 heterocycles. The molecule has 4 nitrogen and oxygen atoms in total. The lowest BCUT2D eigenvalue weighted by molar-refractivity contribution is -0.131. The van der Waals surface area contributed by atoms with Gasteiger partial charge in [-0.2, -0.15) is 0 Å². The number of esters is 1. The first kappa shape index (κ1) is 9.70. The summed E-state index contributed by atoms with van der Waals surface area (Å²) in [6, 6.07) is 6.88. The van der Waals surface area contributed by atoms with E-state index in [1.807, 2.05) is 5.48 Å². The molecule has 0 atom stereocenters. The molecule has 1 rings (SSSR count). The van der Waals surface area contributed by atoms with E-state index in [2.05, 4.69) is 0 Å². The van der Waals surface area contributed by atoms with Crippen LogP contribution in [0.4, 0.5) is 0 Å². The van der Waals surface area contributed by atoms with Gasteiger partial charge < -0.3 is 9.94 Å². The molecular weight excluding hydrogens is 170 g/mol. The van der Waals surface area contributed by atoms with Gasteiger partial charge in [-0.15, -0.1) is 0 Å². The summed E-state index contributed by atoms with van der Waals surface area (Å²) in [5.41, 5.74) is 2.95. The molecule has 1 aromatic carbocycles. The molecule has 0 saturated carbocycles. The topological polar surface area (TPSA) is 58.6 Å². The van der Waals surface area contributed by atoms with Crippen LogP contribution in [-0.2, 0) is 11.3 Å². The minimum absolute atomic E-state index is 0.340. The Kier molecular flexibility index (Phi) is 3.42. The second-order valence-corrected chi connectivity index (χ2v) is 2.57. The lowest BCUT2D eigenvalue weighted by Crippen LogP contribution is -2.06. The minimum atomic E-state index is -0.340. The lowest BCUT2D eigenvalue weighted by atomic mass is 10.2. The SMILES string of the molecule is CC(=O)Oc1ccc(CNO)cc1. The zero-order chi connectivity index (χ0) is 9.68. The number of ether oxygens (including phenoxy) is 1. The van der Waals surface area contributed by atoms with Gasteiger partial charge in [0.2, 0.25) is 0 Å². The van der Waals surface area contributed by atoms with E-state index >= 15 is 0 Å². The van der Waals surface area contributed by atoms with E-state index in [0.717, 1.165) is 5.56 Å². The summed E-state index contributed by atoms with van der Waals surface area (Å²) < 4.78 is 4.83. The summed E-state index contributed by atoms with van der Waals surface area (Å²) in [7, 11) is 0. The molecule has 2 N–H and O–H groups in total. The molecule has 0 aliphatic heterocycles. The van der Waals surface area contributed by atoms with Crippen molar-refractivity contribution in [3.63, 3.8) is 0 Å². The number of rotatable bonds is 3. The summed E-state index contributed by atoms with van der Waals surface area (Å²) in [5.74, 6) is 0.169. The third-order valence-electron chi connectivity index (χ3n) is 1.47. The van der Waals surface area contributed by atoms with E-state index in [1.165, 1.54) is 6.92 Å². The highest BCUT2D eigenvalue weighted by Gasteiger charge is 1.97. The van der Waals surface area contributed by atoms with Crippen LogP contribution in [0.5, 0.6) is 5.75 Å².